The molecule has 0 radical (unpaired) electrons. The molecular formula is C18H23F. The first-order chi connectivity index (χ1) is 8.79. The molecule has 0 nitrogen and oxygen atoms in total. The van der Waals surface area contributed by atoms with Gasteiger partial charge in [-0.1, -0.05) is 52.0 Å². The normalized spacial score (nSPS) is 23.4. The molecule has 0 aromatic heterocycles. The Morgan fingerprint density at radius 2 is 1.84 bits per heavy atom. The quantitative estimate of drug-likeness (QED) is 0.633. The van der Waals surface area contributed by atoms with E-state index in [0.717, 1.165) is 11.1 Å². The van der Waals surface area contributed by atoms with Gasteiger partial charge in [-0.25, -0.2) is 4.39 Å². The number of hydrogen-bond acceptors (Lipinski definition) is 0. The number of rotatable bonds is 1. The lowest BCUT2D eigenvalue weighted by molar-refractivity contribution is 0.498. The second-order valence-electron chi connectivity index (χ2n) is 6.62. The lowest BCUT2D eigenvalue weighted by atomic mass is 9.75. The number of halogens is 1. The van der Waals surface area contributed by atoms with Gasteiger partial charge in [-0.3, -0.25) is 0 Å². The highest BCUT2D eigenvalue weighted by atomic mass is 19.1. The zero-order chi connectivity index (χ0) is 14.2. The smallest absolute Gasteiger partial charge is 0.123 e. The number of allylic oxidation sites excluding steroid dienone is 4. The molecule has 0 heterocycles. The van der Waals surface area contributed by atoms with Gasteiger partial charge in [-0.15, -0.1) is 0 Å². The minimum Gasteiger partial charge on any atom is -0.207 e. The van der Waals surface area contributed by atoms with Gasteiger partial charge in [0, 0.05) is 5.92 Å². The molecule has 0 fully saturated rings. The average Bonchev–Trinajstić information content (AvgIpc) is 2.32. The summed E-state index contributed by atoms with van der Waals surface area (Å²) in [6.45, 7) is 10.9. The summed E-state index contributed by atoms with van der Waals surface area (Å²) in [5.74, 6) is 0.537. The van der Waals surface area contributed by atoms with Crippen molar-refractivity contribution < 1.29 is 4.39 Å². The Morgan fingerprint density at radius 1 is 1.16 bits per heavy atom. The molecule has 19 heavy (non-hydrogen) atoms. The highest BCUT2D eigenvalue weighted by Gasteiger charge is 2.25. The zero-order valence-electron chi connectivity index (χ0n) is 12.5. The van der Waals surface area contributed by atoms with E-state index < -0.39 is 0 Å². The Balaban J connectivity index is 2.46. The SMILES string of the molecule is Cc1ccc(F)cc1C1C=C(C(C)(C)C)C=CC1C. The summed E-state index contributed by atoms with van der Waals surface area (Å²) in [6, 6.07) is 5.10. The summed E-state index contributed by atoms with van der Waals surface area (Å²) < 4.78 is 13.5. The molecule has 0 N–H and O–H groups in total. The van der Waals surface area contributed by atoms with Gasteiger partial charge < -0.3 is 0 Å². The van der Waals surface area contributed by atoms with Crippen LogP contribution in [0.3, 0.4) is 0 Å². The number of benzene rings is 1. The lowest BCUT2D eigenvalue weighted by Gasteiger charge is -2.30. The third-order valence-corrected chi connectivity index (χ3v) is 3.97. The van der Waals surface area contributed by atoms with Crippen LogP contribution in [-0.4, -0.2) is 0 Å². The fourth-order valence-electron chi connectivity index (χ4n) is 2.62. The molecular weight excluding hydrogens is 235 g/mol. The van der Waals surface area contributed by atoms with E-state index in [1.807, 2.05) is 6.07 Å². The van der Waals surface area contributed by atoms with Crippen LogP contribution < -0.4 is 0 Å². The van der Waals surface area contributed by atoms with Gasteiger partial charge in [0.15, 0.2) is 0 Å². The van der Waals surface area contributed by atoms with Crippen molar-refractivity contribution in [2.75, 3.05) is 0 Å². The zero-order valence-corrected chi connectivity index (χ0v) is 12.5. The first kappa shape index (κ1) is 14.0. The Bertz CT molecular complexity index is 529. The van der Waals surface area contributed by atoms with Crippen LogP contribution in [0.4, 0.5) is 4.39 Å². The van der Waals surface area contributed by atoms with Crippen molar-refractivity contribution in [2.45, 2.75) is 40.5 Å². The van der Waals surface area contributed by atoms with Crippen molar-refractivity contribution in [3.8, 4) is 0 Å². The predicted octanol–water partition coefficient (Wildman–Crippen LogP) is 5.40. The first-order valence-electron chi connectivity index (χ1n) is 6.95. The van der Waals surface area contributed by atoms with Crippen LogP contribution in [-0.2, 0) is 0 Å². The fourth-order valence-corrected chi connectivity index (χ4v) is 2.62. The van der Waals surface area contributed by atoms with Crippen LogP contribution in [0.15, 0.2) is 42.0 Å². The molecule has 102 valence electrons. The van der Waals surface area contributed by atoms with Crippen LogP contribution in [0.1, 0.15) is 44.7 Å². The van der Waals surface area contributed by atoms with Crippen molar-refractivity contribution >= 4 is 0 Å². The topological polar surface area (TPSA) is 0 Å². The van der Waals surface area contributed by atoms with Crippen molar-refractivity contribution in [1.82, 2.24) is 0 Å². The van der Waals surface area contributed by atoms with Crippen LogP contribution in [0.2, 0.25) is 0 Å². The van der Waals surface area contributed by atoms with Gasteiger partial charge >= 0.3 is 0 Å². The predicted molar refractivity (Wildman–Crippen MR) is 79.7 cm³/mol. The molecule has 1 aromatic carbocycles. The van der Waals surface area contributed by atoms with E-state index in [1.54, 1.807) is 6.07 Å². The Kier molecular flexibility index (Phi) is 3.66. The molecule has 0 aliphatic heterocycles. The molecule has 2 rings (SSSR count). The molecule has 0 spiro atoms. The molecule has 1 aliphatic rings. The van der Waals surface area contributed by atoms with E-state index in [9.17, 15) is 4.39 Å². The van der Waals surface area contributed by atoms with Gasteiger partial charge in [-0.2, -0.15) is 0 Å². The summed E-state index contributed by atoms with van der Waals surface area (Å²) in [6.07, 6.45) is 6.78. The summed E-state index contributed by atoms with van der Waals surface area (Å²) in [7, 11) is 0. The third kappa shape index (κ3) is 2.97. The van der Waals surface area contributed by atoms with E-state index in [4.69, 9.17) is 0 Å². The van der Waals surface area contributed by atoms with Crippen molar-refractivity contribution in [2.24, 2.45) is 11.3 Å². The Hall–Kier alpha value is -1.37. The van der Waals surface area contributed by atoms with Gasteiger partial charge in [0.25, 0.3) is 0 Å². The maximum Gasteiger partial charge on any atom is 0.123 e. The van der Waals surface area contributed by atoms with Crippen molar-refractivity contribution in [1.29, 1.82) is 0 Å². The summed E-state index contributed by atoms with van der Waals surface area (Å²) in [4.78, 5) is 0. The van der Waals surface area contributed by atoms with E-state index in [2.05, 4.69) is 52.8 Å². The first-order valence-corrected chi connectivity index (χ1v) is 6.95. The largest absolute Gasteiger partial charge is 0.207 e. The standard InChI is InChI=1S/C18H23F/c1-12-6-8-14(18(3,4)5)10-16(12)17-11-15(19)9-7-13(17)2/h6-12,16H,1-5H3. The van der Waals surface area contributed by atoms with E-state index in [1.165, 1.54) is 11.6 Å². The second kappa shape index (κ2) is 4.96. The molecule has 0 bridgehead atoms. The lowest BCUT2D eigenvalue weighted by Crippen LogP contribution is -2.16. The summed E-state index contributed by atoms with van der Waals surface area (Å²) in [5.41, 5.74) is 3.74. The van der Waals surface area contributed by atoms with Gasteiger partial charge in [0.1, 0.15) is 5.82 Å². The third-order valence-electron chi connectivity index (χ3n) is 3.97. The van der Waals surface area contributed by atoms with Crippen LogP contribution in [0, 0.1) is 24.1 Å². The highest BCUT2D eigenvalue weighted by Crippen LogP contribution is 2.39. The molecule has 2 atom stereocenters. The van der Waals surface area contributed by atoms with Gasteiger partial charge in [-0.05, 0) is 47.1 Å². The molecule has 0 saturated heterocycles. The fraction of sp³-hybridized carbons (Fsp3) is 0.444. The monoisotopic (exact) mass is 258 g/mol. The van der Waals surface area contributed by atoms with E-state index >= 15 is 0 Å². The summed E-state index contributed by atoms with van der Waals surface area (Å²) in [5, 5.41) is 0. The minimum atomic E-state index is -0.145. The van der Waals surface area contributed by atoms with Crippen LogP contribution in [0.25, 0.3) is 0 Å². The Morgan fingerprint density at radius 3 is 2.47 bits per heavy atom. The molecule has 2 unspecified atom stereocenters. The number of hydrogen-bond donors (Lipinski definition) is 0. The maximum atomic E-state index is 13.5. The van der Waals surface area contributed by atoms with Crippen LogP contribution >= 0.6 is 0 Å². The highest BCUT2D eigenvalue weighted by molar-refractivity contribution is 5.40. The van der Waals surface area contributed by atoms with Crippen LogP contribution in [0.5, 0.6) is 0 Å². The van der Waals surface area contributed by atoms with Gasteiger partial charge in [0.2, 0.25) is 0 Å². The van der Waals surface area contributed by atoms with Crippen molar-refractivity contribution in [3.63, 3.8) is 0 Å². The summed E-state index contributed by atoms with van der Waals surface area (Å²) >= 11 is 0. The van der Waals surface area contributed by atoms with E-state index in [0.29, 0.717) is 5.92 Å². The molecule has 1 aromatic rings. The Labute approximate surface area is 116 Å². The molecule has 0 saturated carbocycles. The molecule has 1 aliphatic carbocycles. The van der Waals surface area contributed by atoms with Crippen molar-refractivity contribution in [3.05, 3.63) is 58.9 Å². The second-order valence-corrected chi connectivity index (χ2v) is 6.62. The maximum absolute atomic E-state index is 13.5. The average molecular weight is 258 g/mol. The van der Waals surface area contributed by atoms with E-state index in [-0.39, 0.29) is 17.2 Å². The minimum absolute atomic E-state index is 0.135. The molecule has 0 amide bonds. The number of aryl methyl sites for hydroxylation is 1. The molecule has 1 heteroatoms. The van der Waals surface area contributed by atoms with Gasteiger partial charge in [0.05, 0.1) is 0 Å².